The summed E-state index contributed by atoms with van der Waals surface area (Å²) in [4.78, 5) is 16.4. The van der Waals surface area contributed by atoms with E-state index in [0.29, 0.717) is 25.1 Å². The molecular formula is C20H22FN3O2. The van der Waals surface area contributed by atoms with Crippen LogP contribution in [0.2, 0.25) is 0 Å². The minimum atomic E-state index is -0.626. The number of amides is 1. The minimum absolute atomic E-state index is 0.0262. The number of unbranched alkanes of at least 4 members (excludes halogenated alkanes) is 1. The smallest absolute Gasteiger partial charge is 0.259 e. The number of hydrogen-bond donors (Lipinski definition) is 2. The first-order valence-corrected chi connectivity index (χ1v) is 8.44. The van der Waals surface area contributed by atoms with Gasteiger partial charge < -0.3 is 15.8 Å². The third kappa shape index (κ3) is 5.21. The fraction of sp³-hybridized carbons (Fsp3) is 0.300. The molecule has 1 heterocycles. The zero-order valence-corrected chi connectivity index (χ0v) is 14.9. The molecule has 1 aromatic heterocycles. The highest BCUT2D eigenvalue weighted by Gasteiger charge is 2.15. The molecule has 0 spiro atoms. The number of nitrogens with one attached hydrogen (secondary N) is 1. The first kappa shape index (κ1) is 19.3. The summed E-state index contributed by atoms with van der Waals surface area (Å²) in [6.45, 7) is 4.10. The molecule has 1 amide bonds. The predicted molar refractivity (Wildman–Crippen MR) is 101 cm³/mol. The fourth-order valence-electron chi connectivity index (χ4n) is 2.23. The lowest BCUT2D eigenvalue weighted by Gasteiger charge is -2.11. The van der Waals surface area contributed by atoms with Crippen LogP contribution in [0.4, 0.5) is 15.9 Å². The number of benzene rings is 1. The van der Waals surface area contributed by atoms with Crippen molar-refractivity contribution in [2.24, 2.45) is 0 Å². The number of aryl methyl sites for hydroxylation is 1. The molecule has 0 aliphatic carbocycles. The first-order chi connectivity index (χ1) is 12.5. The van der Waals surface area contributed by atoms with Gasteiger partial charge in [0.15, 0.2) is 11.6 Å². The molecule has 0 unspecified atom stereocenters. The van der Waals surface area contributed by atoms with E-state index in [0.717, 1.165) is 6.42 Å². The van der Waals surface area contributed by atoms with E-state index >= 15 is 0 Å². The number of hydrogen-bond acceptors (Lipinski definition) is 4. The standard InChI is InChI=1S/C20H22FN3O2/c1-3-4-5-6-7-13-26-17-10-8-9-16(18(17)21)24-20(25)15-12-11-14(2)23-19(15)22/h8-12H,3,6-7,13H2,1-2H3,(H2,22,23)(H,24,25). The molecule has 5 nitrogen and oxygen atoms in total. The summed E-state index contributed by atoms with van der Waals surface area (Å²) in [5.41, 5.74) is 6.67. The quantitative estimate of drug-likeness (QED) is 0.608. The maximum atomic E-state index is 14.5. The summed E-state index contributed by atoms with van der Waals surface area (Å²) in [6, 6.07) is 7.82. The van der Waals surface area contributed by atoms with Crippen LogP contribution in [0.3, 0.4) is 0 Å². The Morgan fingerprint density at radius 3 is 2.85 bits per heavy atom. The second-order valence-corrected chi connectivity index (χ2v) is 5.62. The van der Waals surface area contributed by atoms with Gasteiger partial charge in [-0.1, -0.05) is 13.0 Å². The van der Waals surface area contributed by atoms with Crippen molar-refractivity contribution in [1.29, 1.82) is 0 Å². The minimum Gasteiger partial charge on any atom is -0.490 e. The van der Waals surface area contributed by atoms with Crippen LogP contribution in [0, 0.1) is 24.6 Å². The third-order valence-corrected chi connectivity index (χ3v) is 3.53. The second-order valence-electron chi connectivity index (χ2n) is 5.62. The summed E-state index contributed by atoms with van der Waals surface area (Å²) >= 11 is 0. The molecule has 0 atom stereocenters. The molecule has 0 bridgehead atoms. The van der Waals surface area contributed by atoms with Crippen LogP contribution < -0.4 is 15.8 Å². The molecule has 0 saturated carbocycles. The number of nitrogens with zero attached hydrogens (tertiary/aromatic N) is 1. The highest BCUT2D eigenvalue weighted by Crippen LogP contribution is 2.25. The lowest BCUT2D eigenvalue weighted by Crippen LogP contribution is -2.16. The Labute approximate surface area is 152 Å². The maximum Gasteiger partial charge on any atom is 0.259 e. The summed E-state index contributed by atoms with van der Waals surface area (Å²) in [5.74, 6) is 5.00. The summed E-state index contributed by atoms with van der Waals surface area (Å²) in [5, 5.41) is 2.51. The molecule has 0 saturated heterocycles. The number of halogens is 1. The van der Waals surface area contributed by atoms with Crippen molar-refractivity contribution in [2.75, 3.05) is 17.7 Å². The summed E-state index contributed by atoms with van der Waals surface area (Å²) in [7, 11) is 0. The van der Waals surface area contributed by atoms with Gasteiger partial charge in [-0.3, -0.25) is 4.79 Å². The molecule has 3 N–H and O–H groups in total. The summed E-state index contributed by atoms with van der Waals surface area (Å²) < 4.78 is 20.0. The van der Waals surface area contributed by atoms with Gasteiger partial charge in [-0.15, -0.1) is 11.8 Å². The number of rotatable bonds is 6. The molecule has 6 heteroatoms. The largest absolute Gasteiger partial charge is 0.490 e. The molecule has 0 radical (unpaired) electrons. The average molecular weight is 355 g/mol. The zero-order chi connectivity index (χ0) is 18.9. The predicted octanol–water partition coefficient (Wildman–Crippen LogP) is 3.94. The van der Waals surface area contributed by atoms with Gasteiger partial charge in [-0.25, -0.2) is 9.37 Å². The molecular weight excluding hydrogens is 333 g/mol. The van der Waals surface area contributed by atoms with Crippen LogP contribution in [-0.2, 0) is 0 Å². The Kier molecular flexibility index (Phi) is 6.98. The highest BCUT2D eigenvalue weighted by molar-refractivity contribution is 6.07. The molecule has 2 rings (SSSR count). The molecule has 0 fully saturated rings. The second kappa shape index (κ2) is 9.42. The first-order valence-electron chi connectivity index (χ1n) is 8.44. The number of carbonyl (C=O) groups is 1. The topological polar surface area (TPSA) is 77.2 Å². The van der Waals surface area contributed by atoms with Crippen molar-refractivity contribution in [2.45, 2.75) is 33.1 Å². The molecule has 136 valence electrons. The van der Waals surface area contributed by atoms with E-state index in [2.05, 4.69) is 22.1 Å². The highest BCUT2D eigenvalue weighted by atomic mass is 19.1. The monoisotopic (exact) mass is 355 g/mol. The Balaban J connectivity index is 2.02. The molecule has 2 aromatic rings. The fourth-order valence-corrected chi connectivity index (χ4v) is 2.23. The van der Waals surface area contributed by atoms with Gasteiger partial charge in [0.2, 0.25) is 0 Å². The van der Waals surface area contributed by atoms with Crippen molar-refractivity contribution in [3.63, 3.8) is 0 Å². The van der Waals surface area contributed by atoms with Crippen LogP contribution >= 0.6 is 0 Å². The van der Waals surface area contributed by atoms with Crippen molar-refractivity contribution < 1.29 is 13.9 Å². The van der Waals surface area contributed by atoms with Gasteiger partial charge in [-0.2, -0.15) is 0 Å². The number of carbonyl (C=O) groups excluding carboxylic acids is 1. The van der Waals surface area contributed by atoms with E-state index in [1.165, 1.54) is 12.1 Å². The maximum absolute atomic E-state index is 14.5. The molecule has 0 aliphatic heterocycles. The zero-order valence-electron chi connectivity index (χ0n) is 14.9. The van der Waals surface area contributed by atoms with Crippen molar-refractivity contribution in [3.05, 3.63) is 47.4 Å². The van der Waals surface area contributed by atoms with Gasteiger partial charge in [0.25, 0.3) is 5.91 Å². The lowest BCUT2D eigenvalue weighted by molar-refractivity contribution is 0.102. The van der Waals surface area contributed by atoms with Gasteiger partial charge in [0, 0.05) is 18.5 Å². The SMILES string of the molecule is CCC#CCCCOc1cccc(NC(=O)c2ccc(C)nc2N)c1F. The molecule has 0 aliphatic rings. The number of anilines is 2. The van der Waals surface area contributed by atoms with E-state index in [9.17, 15) is 9.18 Å². The average Bonchev–Trinajstić information content (AvgIpc) is 2.60. The van der Waals surface area contributed by atoms with Gasteiger partial charge in [0.1, 0.15) is 5.82 Å². The molecule has 1 aromatic carbocycles. The van der Waals surface area contributed by atoms with Crippen LogP contribution in [0.1, 0.15) is 42.2 Å². The van der Waals surface area contributed by atoms with Crippen molar-refractivity contribution in [1.82, 2.24) is 4.98 Å². The Morgan fingerprint density at radius 2 is 2.12 bits per heavy atom. The molecule has 26 heavy (non-hydrogen) atoms. The Bertz CT molecular complexity index is 841. The Hall–Kier alpha value is -3.07. The van der Waals surface area contributed by atoms with Gasteiger partial charge in [0.05, 0.1) is 17.9 Å². The van der Waals surface area contributed by atoms with Crippen LogP contribution in [-0.4, -0.2) is 17.5 Å². The Morgan fingerprint density at radius 1 is 1.31 bits per heavy atom. The van der Waals surface area contributed by atoms with E-state index in [1.54, 1.807) is 25.1 Å². The van der Waals surface area contributed by atoms with Crippen LogP contribution in [0.25, 0.3) is 0 Å². The van der Waals surface area contributed by atoms with Gasteiger partial charge >= 0.3 is 0 Å². The normalized spacial score (nSPS) is 9.96. The number of ether oxygens (including phenoxy) is 1. The number of nitrogen functional groups attached to an aromatic ring is 1. The van der Waals surface area contributed by atoms with Crippen molar-refractivity contribution in [3.8, 4) is 17.6 Å². The van der Waals surface area contributed by atoms with Crippen LogP contribution in [0.5, 0.6) is 5.75 Å². The number of aromatic nitrogens is 1. The van der Waals surface area contributed by atoms with Crippen molar-refractivity contribution >= 4 is 17.4 Å². The van der Waals surface area contributed by atoms with E-state index in [-0.39, 0.29) is 22.8 Å². The van der Waals surface area contributed by atoms with E-state index in [1.807, 2.05) is 6.92 Å². The third-order valence-electron chi connectivity index (χ3n) is 3.53. The van der Waals surface area contributed by atoms with E-state index in [4.69, 9.17) is 10.5 Å². The summed E-state index contributed by atoms with van der Waals surface area (Å²) in [6.07, 6.45) is 2.22. The number of pyridine rings is 1. The van der Waals surface area contributed by atoms with E-state index < -0.39 is 11.7 Å². The van der Waals surface area contributed by atoms with Crippen LogP contribution in [0.15, 0.2) is 30.3 Å². The lowest BCUT2D eigenvalue weighted by atomic mass is 10.2. The van der Waals surface area contributed by atoms with Gasteiger partial charge in [-0.05, 0) is 37.6 Å². The number of nitrogens with two attached hydrogens (primary N) is 1.